The number of carbonyl (C=O) groups is 3. The molecule has 2 saturated heterocycles. The molecule has 12 nitrogen and oxygen atoms in total. The molecule has 3 atom stereocenters. The van der Waals surface area contributed by atoms with Gasteiger partial charge in [0.15, 0.2) is 10.8 Å². The molecule has 2 fully saturated rings. The molecule has 0 bridgehead atoms. The number of carboxylic acid groups (broad SMARTS) is 1. The summed E-state index contributed by atoms with van der Waals surface area (Å²) in [4.78, 5) is 53.2. The molecule has 1 aromatic heterocycles. The van der Waals surface area contributed by atoms with Crippen LogP contribution in [0.3, 0.4) is 0 Å². The summed E-state index contributed by atoms with van der Waals surface area (Å²) >= 11 is 2.50. The minimum absolute atomic E-state index is 0.0880. The summed E-state index contributed by atoms with van der Waals surface area (Å²) in [6.07, 6.45) is 4.16. The van der Waals surface area contributed by atoms with Gasteiger partial charge in [-0.3, -0.25) is 19.3 Å². The zero-order valence-corrected chi connectivity index (χ0v) is 19.4. The first kappa shape index (κ1) is 23.2. The number of nitrogens with one attached hydrogen (secondary N) is 1. The first-order valence-corrected chi connectivity index (χ1v) is 11.8. The number of fused-ring (bicyclic) bond motifs is 1. The summed E-state index contributed by atoms with van der Waals surface area (Å²) in [5.41, 5.74) is 6.14. The molecule has 4 heterocycles. The Morgan fingerprint density at radius 2 is 2.27 bits per heavy atom. The van der Waals surface area contributed by atoms with Gasteiger partial charge in [0.1, 0.15) is 29.9 Å². The molecule has 0 aromatic carbocycles. The number of nitrogen functional groups attached to an aromatic ring is 1. The van der Waals surface area contributed by atoms with Gasteiger partial charge in [0.2, 0.25) is 0 Å². The number of aromatic nitrogens is 1. The van der Waals surface area contributed by atoms with Crippen LogP contribution in [0, 0.1) is 0 Å². The molecule has 0 saturated carbocycles. The highest BCUT2D eigenvalue weighted by Gasteiger charge is 2.54. The van der Waals surface area contributed by atoms with Crippen molar-refractivity contribution in [1.29, 1.82) is 0 Å². The molecule has 4 rings (SSSR count). The molecule has 0 spiro atoms. The van der Waals surface area contributed by atoms with Crippen molar-refractivity contribution in [1.82, 2.24) is 20.3 Å². The number of hydrogen-bond acceptors (Lipinski definition) is 11. The summed E-state index contributed by atoms with van der Waals surface area (Å²) in [6, 6.07) is -0.910. The SMILES string of the molecule is CO/N=C(\C(=O)N[C@@H]1C(=O)N2C(C(=O)O)=C(/C=C/[C@H]3CCN(C)O3)CS[C@H]12)c1csc(N)n1. The number of oxime groups is 1. The number of hydrogen-bond donors (Lipinski definition) is 3. The normalized spacial score (nSPS) is 25.9. The molecular formula is C19H22N6O6S2. The maximum Gasteiger partial charge on any atom is 0.352 e. The fourth-order valence-electron chi connectivity index (χ4n) is 3.67. The van der Waals surface area contributed by atoms with E-state index in [1.165, 1.54) is 23.8 Å². The molecular weight excluding hydrogens is 472 g/mol. The Balaban J connectivity index is 1.50. The standard InChI is InChI=1S/C19H22N6O6S2/c1-24-6-5-10(31-24)4-3-9-7-32-17-13(16(27)25(17)14(9)18(28)29)22-15(26)12(23-30-2)11-8-33-19(20)21-11/h3-4,8,10,13,17H,5-7H2,1-2H3,(H2,20,21)(H,22,26)(H,28,29)/b4-3+,23-12-/t10-,13+,17+/m0/s1. The van der Waals surface area contributed by atoms with E-state index in [2.05, 4.69) is 15.5 Å². The highest BCUT2D eigenvalue weighted by atomic mass is 32.2. The molecule has 0 aliphatic carbocycles. The van der Waals surface area contributed by atoms with Crippen LogP contribution in [0.2, 0.25) is 0 Å². The van der Waals surface area contributed by atoms with Crippen molar-refractivity contribution in [3.05, 3.63) is 34.5 Å². The number of rotatable bonds is 7. The third-order valence-electron chi connectivity index (χ3n) is 5.21. The number of nitrogens with two attached hydrogens (primary N) is 1. The van der Waals surface area contributed by atoms with Crippen molar-refractivity contribution < 1.29 is 29.2 Å². The van der Waals surface area contributed by atoms with Crippen LogP contribution in [-0.2, 0) is 24.1 Å². The van der Waals surface area contributed by atoms with E-state index in [4.69, 9.17) is 15.4 Å². The summed E-state index contributed by atoms with van der Waals surface area (Å²) < 4.78 is 0. The van der Waals surface area contributed by atoms with Gasteiger partial charge < -0.3 is 21.0 Å². The number of hydroxylamine groups is 2. The Kier molecular flexibility index (Phi) is 6.69. The van der Waals surface area contributed by atoms with E-state index in [0.29, 0.717) is 11.3 Å². The summed E-state index contributed by atoms with van der Waals surface area (Å²) in [7, 11) is 3.11. The van der Waals surface area contributed by atoms with E-state index in [0.717, 1.165) is 24.3 Å². The van der Waals surface area contributed by atoms with Crippen LogP contribution in [0.25, 0.3) is 0 Å². The molecule has 3 aliphatic heterocycles. The van der Waals surface area contributed by atoms with Crippen LogP contribution in [0.4, 0.5) is 5.13 Å². The fourth-order valence-corrected chi connectivity index (χ4v) is 5.54. The van der Waals surface area contributed by atoms with Gasteiger partial charge >= 0.3 is 5.97 Å². The second-order valence-electron chi connectivity index (χ2n) is 7.38. The number of amides is 2. The predicted molar refractivity (Wildman–Crippen MR) is 121 cm³/mol. The van der Waals surface area contributed by atoms with E-state index in [1.54, 1.807) is 22.6 Å². The van der Waals surface area contributed by atoms with Crippen molar-refractivity contribution in [2.24, 2.45) is 5.16 Å². The zero-order valence-electron chi connectivity index (χ0n) is 17.8. The molecule has 33 heavy (non-hydrogen) atoms. The lowest BCUT2D eigenvalue weighted by atomic mass is 10.0. The van der Waals surface area contributed by atoms with E-state index < -0.39 is 29.2 Å². The number of carbonyl (C=O) groups excluding carboxylic acids is 2. The average Bonchev–Trinajstić information content (AvgIpc) is 3.40. The Hall–Kier alpha value is -2.94. The van der Waals surface area contributed by atoms with Crippen LogP contribution in [0.1, 0.15) is 12.1 Å². The maximum atomic E-state index is 12.9. The van der Waals surface area contributed by atoms with Crippen LogP contribution >= 0.6 is 23.1 Å². The molecule has 1 aromatic rings. The molecule has 2 amide bonds. The summed E-state index contributed by atoms with van der Waals surface area (Å²) in [6.45, 7) is 0.782. The van der Waals surface area contributed by atoms with Gasteiger partial charge in [-0.25, -0.2) is 9.78 Å². The van der Waals surface area contributed by atoms with Crippen molar-refractivity contribution in [2.75, 3.05) is 32.2 Å². The average molecular weight is 495 g/mol. The number of anilines is 1. The Bertz CT molecular complexity index is 1070. The molecule has 4 N–H and O–H groups in total. The third-order valence-corrected chi connectivity index (χ3v) is 7.18. The van der Waals surface area contributed by atoms with Gasteiger partial charge in [0.25, 0.3) is 11.8 Å². The Morgan fingerprint density at radius 1 is 1.48 bits per heavy atom. The first-order valence-electron chi connectivity index (χ1n) is 9.90. The number of allylic oxidation sites excluding steroid dienone is 1. The number of nitrogens with zero attached hydrogens (tertiary/aromatic N) is 4. The van der Waals surface area contributed by atoms with Gasteiger partial charge in [-0.2, -0.15) is 5.06 Å². The first-order chi connectivity index (χ1) is 15.8. The zero-order chi connectivity index (χ0) is 23.7. The third kappa shape index (κ3) is 4.59. The van der Waals surface area contributed by atoms with Crippen molar-refractivity contribution >= 4 is 51.7 Å². The van der Waals surface area contributed by atoms with Crippen LogP contribution in [0.5, 0.6) is 0 Å². The lowest BCUT2D eigenvalue weighted by molar-refractivity contribution is -0.150. The monoisotopic (exact) mass is 494 g/mol. The predicted octanol–water partition coefficient (Wildman–Crippen LogP) is 0.00630. The smallest absolute Gasteiger partial charge is 0.352 e. The minimum Gasteiger partial charge on any atom is -0.477 e. The number of thioether (sulfide) groups is 1. The van der Waals surface area contributed by atoms with Gasteiger partial charge in [-0.05, 0) is 12.0 Å². The highest BCUT2D eigenvalue weighted by Crippen LogP contribution is 2.40. The minimum atomic E-state index is -1.21. The van der Waals surface area contributed by atoms with Gasteiger partial charge in [0.05, 0.1) is 6.10 Å². The Labute approximate surface area is 197 Å². The maximum absolute atomic E-state index is 12.9. The quantitative estimate of drug-likeness (QED) is 0.268. The summed E-state index contributed by atoms with van der Waals surface area (Å²) in [5.74, 6) is -2.03. The molecule has 0 unspecified atom stereocenters. The topological polar surface area (TPSA) is 160 Å². The lowest BCUT2D eigenvalue weighted by Crippen LogP contribution is -2.71. The van der Waals surface area contributed by atoms with Gasteiger partial charge in [-0.1, -0.05) is 17.3 Å². The fraction of sp³-hybridized carbons (Fsp3) is 0.421. The van der Waals surface area contributed by atoms with Crippen molar-refractivity contribution in [3.63, 3.8) is 0 Å². The number of β-lactam (4-membered cyclic amide) rings is 1. The summed E-state index contributed by atoms with van der Waals surface area (Å²) in [5, 5.41) is 19.1. The van der Waals surface area contributed by atoms with E-state index in [9.17, 15) is 19.5 Å². The van der Waals surface area contributed by atoms with Crippen LogP contribution < -0.4 is 11.1 Å². The largest absolute Gasteiger partial charge is 0.477 e. The second-order valence-corrected chi connectivity index (χ2v) is 9.37. The second kappa shape index (κ2) is 9.51. The van der Waals surface area contributed by atoms with Crippen molar-refractivity contribution in [3.8, 4) is 0 Å². The number of aliphatic carboxylic acids is 1. The lowest BCUT2D eigenvalue weighted by Gasteiger charge is -2.49. The number of thiazole rings is 1. The molecule has 3 aliphatic rings. The molecule has 176 valence electrons. The van der Waals surface area contributed by atoms with Gasteiger partial charge in [0, 0.05) is 24.7 Å². The van der Waals surface area contributed by atoms with Crippen molar-refractivity contribution in [2.45, 2.75) is 23.9 Å². The van der Waals surface area contributed by atoms with Crippen LogP contribution in [0.15, 0.2) is 34.0 Å². The number of carboxylic acids is 1. The van der Waals surface area contributed by atoms with E-state index in [1.807, 2.05) is 7.05 Å². The van der Waals surface area contributed by atoms with E-state index >= 15 is 0 Å². The Morgan fingerprint density at radius 3 is 2.88 bits per heavy atom. The van der Waals surface area contributed by atoms with Crippen LogP contribution in [-0.4, -0.2) is 87.5 Å². The van der Waals surface area contributed by atoms with Gasteiger partial charge in [-0.15, -0.1) is 23.1 Å². The van der Waals surface area contributed by atoms with E-state index in [-0.39, 0.29) is 28.3 Å². The molecule has 14 heteroatoms. The molecule has 0 radical (unpaired) electrons. The highest BCUT2D eigenvalue weighted by molar-refractivity contribution is 8.00.